The molecule has 5 aliphatic rings. The average molecular weight is 926 g/mol. The molecule has 3 fully saturated rings. The van der Waals surface area contributed by atoms with Gasteiger partial charge in [-0.2, -0.15) is 13.2 Å². The molecule has 4 aliphatic heterocycles. The molecular weight excluding hydrogens is 860 g/mol. The van der Waals surface area contributed by atoms with E-state index in [2.05, 4.69) is 54.8 Å². The van der Waals surface area contributed by atoms with Crippen molar-refractivity contribution in [1.82, 2.24) is 20.0 Å². The highest BCUT2D eigenvalue weighted by Gasteiger charge is 2.49. The molecule has 0 radical (unpaired) electrons. The van der Waals surface area contributed by atoms with Gasteiger partial charge in [-0.1, -0.05) is 42.5 Å². The van der Waals surface area contributed by atoms with Crippen LogP contribution in [0.3, 0.4) is 0 Å². The predicted molar refractivity (Wildman–Crippen MR) is 251 cm³/mol. The monoisotopic (exact) mass is 925 g/mol. The van der Waals surface area contributed by atoms with Crippen LogP contribution in [0, 0.1) is 11.3 Å². The summed E-state index contributed by atoms with van der Waals surface area (Å²) in [4.78, 5) is 56.5. The molecule has 0 spiro atoms. The molecule has 1 unspecified atom stereocenters. The van der Waals surface area contributed by atoms with Crippen LogP contribution in [0.2, 0.25) is 0 Å². The number of anilines is 1. The van der Waals surface area contributed by atoms with Gasteiger partial charge in [0.15, 0.2) is 0 Å². The number of hydrogen-bond donors (Lipinski definition) is 2. The second kappa shape index (κ2) is 19.4. The highest BCUT2D eigenvalue weighted by Crippen LogP contribution is 2.46. The number of amides is 4. The minimum atomic E-state index is -4.36. The van der Waals surface area contributed by atoms with Crippen LogP contribution >= 0.6 is 0 Å². The maximum Gasteiger partial charge on any atom is 0.395 e. The van der Waals surface area contributed by atoms with Gasteiger partial charge in [-0.05, 0) is 150 Å². The first-order valence-electron chi connectivity index (χ1n) is 24.0. The van der Waals surface area contributed by atoms with Crippen molar-refractivity contribution >= 4 is 34.9 Å². The van der Waals surface area contributed by atoms with Crippen molar-refractivity contribution in [1.29, 1.82) is 0 Å². The molecule has 0 aromatic heterocycles. The van der Waals surface area contributed by atoms with Crippen molar-refractivity contribution in [2.75, 3.05) is 45.2 Å². The number of fused-ring (bicyclic) bond motifs is 1. The molecule has 1 aliphatic carbocycles. The highest BCUT2D eigenvalue weighted by molar-refractivity contribution is 6.05. The number of ether oxygens (including phenoxy) is 2. The molecule has 14 heteroatoms. The Hall–Kier alpha value is -5.21. The number of hydrogen-bond acceptors (Lipinski definition) is 8. The second-order valence-electron chi connectivity index (χ2n) is 20.8. The van der Waals surface area contributed by atoms with E-state index in [0.29, 0.717) is 64.2 Å². The van der Waals surface area contributed by atoms with E-state index >= 15 is 0 Å². The van der Waals surface area contributed by atoms with E-state index in [0.717, 1.165) is 72.2 Å². The minimum absolute atomic E-state index is 0.0813. The van der Waals surface area contributed by atoms with Crippen LogP contribution < -0.4 is 15.4 Å². The third kappa shape index (κ3) is 10.9. The van der Waals surface area contributed by atoms with E-state index in [4.69, 9.17) is 9.47 Å². The Kier molecular flexibility index (Phi) is 14.0. The van der Waals surface area contributed by atoms with E-state index in [1.54, 1.807) is 18.1 Å². The normalized spacial score (nSPS) is 23.8. The molecule has 0 bridgehead atoms. The first kappa shape index (κ1) is 48.3. The van der Waals surface area contributed by atoms with Gasteiger partial charge >= 0.3 is 6.18 Å². The number of likely N-dealkylation sites (tertiary alicyclic amines) is 1. The largest absolute Gasteiger partial charge is 0.497 e. The van der Waals surface area contributed by atoms with Gasteiger partial charge in [-0.15, -0.1) is 0 Å². The fraction of sp³-hybridized carbons (Fsp3) is 0.547. The second-order valence-corrected chi connectivity index (χ2v) is 20.8. The van der Waals surface area contributed by atoms with Gasteiger partial charge in [0.05, 0.1) is 18.1 Å². The lowest BCUT2D eigenvalue weighted by atomic mass is 9.67. The van der Waals surface area contributed by atoms with E-state index < -0.39 is 23.5 Å². The number of nitrogens with zero attached hydrogens (tertiary/aromatic N) is 3. The number of carbonyl (C=O) groups is 4. The zero-order chi connectivity index (χ0) is 47.7. The maximum atomic E-state index is 14.4. The molecule has 11 nitrogen and oxygen atoms in total. The number of piperidine rings is 2. The minimum Gasteiger partial charge on any atom is -0.497 e. The summed E-state index contributed by atoms with van der Waals surface area (Å²) in [5, 5.41) is 5.95. The summed E-state index contributed by atoms with van der Waals surface area (Å²) in [5.74, 6) is -0.0588. The van der Waals surface area contributed by atoms with Gasteiger partial charge in [0, 0.05) is 74.4 Å². The van der Waals surface area contributed by atoms with E-state index in [9.17, 15) is 32.3 Å². The van der Waals surface area contributed by atoms with Crippen LogP contribution in [0.15, 0.2) is 72.8 Å². The molecule has 4 heterocycles. The van der Waals surface area contributed by atoms with Crippen molar-refractivity contribution in [3.63, 3.8) is 0 Å². The highest BCUT2D eigenvalue weighted by atomic mass is 19.4. The van der Waals surface area contributed by atoms with Crippen LogP contribution in [-0.4, -0.2) is 102 Å². The predicted octanol–water partition coefficient (Wildman–Crippen LogP) is 9.05. The molecule has 67 heavy (non-hydrogen) atoms. The van der Waals surface area contributed by atoms with Gasteiger partial charge < -0.3 is 24.6 Å². The number of halogens is 3. The summed E-state index contributed by atoms with van der Waals surface area (Å²) in [6.07, 6.45) is 4.38. The topological polar surface area (TPSA) is 121 Å². The molecule has 3 aromatic rings. The Bertz CT molecular complexity index is 2340. The number of rotatable bonds is 14. The van der Waals surface area contributed by atoms with Gasteiger partial charge in [-0.25, -0.2) is 0 Å². The third-order valence-corrected chi connectivity index (χ3v) is 15.0. The van der Waals surface area contributed by atoms with Crippen LogP contribution in [0.4, 0.5) is 18.9 Å². The summed E-state index contributed by atoms with van der Waals surface area (Å²) >= 11 is 0. The summed E-state index contributed by atoms with van der Waals surface area (Å²) < 4.78 is 54.7. The van der Waals surface area contributed by atoms with E-state index in [-0.39, 0.29) is 53.7 Å². The van der Waals surface area contributed by atoms with Gasteiger partial charge in [-0.3, -0.25) is 29.4 Å². The van der Waals surface area contributed by atoms with Crippen LogP contribution in [0.25, 0.3) is 5.57 Å². The van der Waals surface area contributed by atoms with Crippen LogP contribution in [-0.2, 0) is 37.6 Å². The van der Waals surface area contributed by atoms with Crippen molar-refractivity contribution in [3.8, 4) is 5.75 Å². The lowest BCUT2D eigenvalue weighted by Gasteiger charge is -2.46. The van der Waals surface area contributed by atoms with Gasteiger partial charge in [0.25, 0.3) is 5.91 Å². The Labute approximate surface area is 392 Å². The molecule has 2 N–H and O–H groups in total. The van der Waals surface area contributed by atoms with Gasteiger partial charge in [0.1, 0.15) is 11.8 Å². The third-order valence-electron chi connectivity index (χ3n) is 15.0. The quantitative estimate of drug-likeness (QED) is 0.154. The first-order valence-corrected chi connectivity index (χ1v) is 24.0. The van der Waals surface area contributed by atoms with Crippen molar-refractivity contribution < 1.29 is 41.8 Å². The number of carbonyl (C=O) groups excluding carboxylic acids is 4. The lowest BCUT2D eigenvalue weighted by Crippen LogP contribution is -2.52. The zero-order valence-electron chi connectivity index (χ0n) is 39.6. The Morgan fingerprint density at radius 3 is 2.33 bits per heavy atom. The molecule has 360 valence electrons. The van der Waals surface area contributed by atoms with E-state index in [1.165, 1.54) is 19.4 Å². The van der Waals surface area contributed by atoms with Crippen LogP contribution in [0.5, 0.6) is 5.75 Å². The maximum absolute atomic E-state index is 14.4. The molecule has 0 saturated carbocycles. The zero-order valence-corrected chi connectivity index (χ0v) is 39.6. The first-order chi connectivity index (χ1) is 31.8. The van der Waals surface area contributed by atoms with E-state index in [1.807, 2.05) is 46.2 Å². The number of benzene rings is 3. The van der Waals surface area contributed by atoms with Crippen LogP contribution in [0.1, 0.15) is 125 Å². The molecular formula is C53H66F3N5O6. The summed E-state index contributed by atoms with van der Waals surface area (Å²) in [5.41, 5.74) is 4.17. The van der Waals surface area contributed by atoms with Crippen molar-refractivity contribution in [3.05, 3.63) is 101 Å². The number of nitrogens with one attached hydrogen (secondary N) is 2. The summed E-state index contributed by atoms with van der Waals surface area (Å²) in [6.45, 7) is 9.72. The molecule has 3 saturated heterocycles. The number of methoxy groups -OCH3 is 1. The number of allylic oxidation sites excluding steroid dienone is 2. The molecule has 4 amide bonds. The lowest BCUT2D eigenvalue weighted by molar-refractivity contribution is -0.217. The summed E-state index contributed by atoms with van der Waals surface area (Å²) in [6, 6.07) is 21.5. The average Bonchev–Trinajstić information content (AvgIpc) is 3.62. The Balaban J connectivity index is 0.848. The Morgan fingerprint density at radius 1 is 0.955 bits per heavy atom. The Morgan fingerprint density at radius 2 is 1.69 bits per heavy atom. The standard InChI is InChI=1S/C53H66F3N5O6/c1-50(2,53(54,55)56)34-59(28-24-52(25-29-67-51(3,4)33-52)40-14-17-43(66-5)18-15-40)31-35-6-8-36(9-7-35)37-10-12-38(13-11-37)48(64)60-26-22-41(23-27-60)57-42-16-19-44-39(30-42)32-61(49(44)65)45-20-21-46(62)58-47(45)63/h6-10,14-19,30,38,41,45,57H,11-13,20-29,31-34H2,1-5H3,(H,58,62,63)/t38-,45?,52+/m0/s1. The molecule has 8 rings (SSSR count). The smallest absolute Gasteiger partial charge is 0.395 e. The fourth-order valence-corrected chi connectivity index (χ4v) is 11.1. The SMILES string of the molecule is COc1ccc([C@]2(CCN(Cc3ccc(C4=CC[C@H](C(=O)N5CCC(Nc6ccc7c(c6)CN(C6CCC(=O)NC6=O)C7=O)CC5)CC4)cc3)CC(C)(C)C(F)(F)F)CCOC(C)(C)C2)cc1. The van der Waals surface area contributed by atoms with Gasteiger partial charge in [0.2, 0.25) is 17.7 Å². The van der Waals surface area contributed by atoms with Crippen molar-refractivity contribution in [2.24, 2.45) is 11.3 Å². The molecule has 3 aromatic carbocycles. The molecule has 3 atom stereocenters. The number of imide groups is 1. The van der Waals surface area contributed by atoms with Crippen molar-refractivity contribution in [2.45, 2.75) is 134 Å². The fourth-order valence-electron chi connectivity index (χ4n) is 11.1. The number of alkyl halides is 3. The summed E-state index contributed by atoms with van der Waals surface area (Å²) in [7, 11) is 1.64.